The van der Waals surface area contributed by atoms with Crippen molar-refractivity contribution < 1.29 is 13.9 Å². The van der Waals surface area contributed by atoms with Crippen LogP contribution in [0.15, 0.2) is 52.7 Å². The zero-order chi connectivity index (χ0) is 19.5. The van der Waals surface area contributed by atoms with Crippen LogP contribution in [-0.4, -0.2) is 27.4 Å². The SMILES string of the molecule is C/C(=N\Nc1nnc(SCc2ccc(F)cc2)n1N)c1ccc2c(c1)OCO2. The Morgan fingerprint density at radius 1 is 1.21 bits per heavy atom. The molecule has 2 aromatic carbocycles. The molecule has 3 N–H and O–H groups in total. The van der Waals surface area contributed by atoms with E-state index in [4.69, 9.17) is 15.3 Å². The monoisotopic (exact) mass is 400 g/mol. The first-order valence-corrected chi connectivity index (χ1v) is 9.37. The molecule has 0 saturated carbocycles. The summed E-state index contributed by atoms with van der Waals surface area (Å²) < 4.78 is 25.0. The van der Waals surface area contributed by atoms with Crippen molar-refractivity contribution in [3.8, 4) is 11.5 Å². The van der Waals surface area contributed by atoms with E-state index in [1.807, 2.05) is 25.1 Å². The number of halogens is 1. The first-order valence-electron chi connectivity index (χ1n) is 8.38. The van der Waals surface area contributed by atoms with Gasteiger partial charge in [-0.2, -0.15) is 5.10 Å². The fraction of sp³-hybridized carbons (Fsp3) is 0.167. The number of nitrogens with zero attached hydrogens (tertiary/aromatic N) is 4. The van der Waals surface area contributed by atoms with E-state index in [0.717, 1.165) is 16.8 Å². The molecule has 28 heavy (non-hydrogen) atoms. The van der Waals surface area contributed by atoms with E-state index >= 15 is 0 Å². The van der Waals surface area contributed by atoms with Crippen LogP contribution in [0.1, 0.15) is 18.1 Å². The van der Waals surface area contributed by atoms with Crippen molar-refractivity contribution in [1.29, 1.82) is 0 Å². The number of thioether (sulfide) groups is 1. The minimum atomic E-state index is -0.266. The highest BCUT2D eigenvalue weighted by atomic mass is 32.2. The molecule has 0 bridgehead atoms. The van der Waals surface area contributed by atoms with Crippen LogP contribution in [0.4, 0.5) is 10.3 Å². The molecule has 144 valence electrons. The lowest BCUT2D eigenvalue weighted by Gasteiger charge is -2.05. The predicted octanol–water partition coefficient (Wildman–Crippen LogP) is 2.99. The van der Waals surface area contributed by atoms with Crippen molar-refractivity contribution in [3.63, 3.8) is 0 Å². The molecule has 0 fully saturated rings. The van der Waals surface area contributed by atoms with Gasteiger partial charge >= 0.3 is 0 Å². The Kier molecular flexibility index (Phi) is 5.02. The zero-order valence-corrected chi connectivity index (χ0v) is 15.7. The van der Waals surface area contributed by atoms with Gasteiger partial charge in [0.1, 0.15) is 5.82 Å². The third-order valence-corrected chi connectivity index (χ3v) is 5.07. The lowest BCUT2D eigenvalue weighted by Crippen LogP contribution is -2.13. The molecule has 0 amide bonds. The van der Waals surface area contributed by atoms with Crippen LogP contribution < -0.4 is 20.7 Å². The van der Waals surface area contributed by atoms with E-state index in [0.29, 0.717) is 28.4 Å². The van der Waals surface area contributed by atoms with E-state index in [-0.39, 0.29) is 12.6 Å². The predicted molar refractivity (Wildman–Crippen MR) is 105 cm³/mol. The summed E-state index contributed by atoms with van der Waals surface area (Å²) in [5.41, 5.74) is 5.39. The van der Waals surface area contributed by atoms with Crippen LogP contribution in [0.25, 0.3) is 0 Å². The van der Waals surface area contributed by atoms with Crippen molar-refractivity contribution in [3.05, 3.63) is 59.4 Å². The van der Waals surface area contributed by atoms with Gasteiger partial charge in [-0.25, -0.2) is 14.5 Å². The summed E-state index contributed by atoms with van der Waals surface area (Å²) in [6.07, 6.45) is 0. The van der Waals surface area contributed by atoms with E-state index in [1.54, 1.807) is 12.1 Å². The van der Waals surface area contributed by atoms with Crippen molar-refractivity contribution in [2.24, 2.45) is 5.10 Å². The Labute approximate surface area is 164 Å². The third-order valence-electron chi connectivity index (χ3n) is 4.06. The van der Waals surface area contributed by atoms with Gasteiger partial charge in [0.25, 0.3) is 5.95 Å². The number of aromatic nitrogens is 3. The van der Waals surface area contributed by atoms with Gasteiger partial charge in [-0.05, 0) is 42.8 Å². The Bertz CT molecular complexity index is 1020. The molecule has 0 saturated heterocycles. The van der Waals surface area contributed by atoms with E-state index < -0.39 is 0 Å². The molecular formula is C18H17FN6O2S. The number of hydrazone groups is 1. The molecule has 1 aromatic heterocycles. The molecular weight excluding hydrogens is 383 g/mol. The summed E-state index contributed by atoms with van der Waals surface area (Å²) in [6.45, 7) is 2.08. The number of fused-ring (bicyclic) bond motifs is 1. The van der Waals surface area contributed by atoms with Gasteiger partial charge in [0.15, 0.2) is 11.5 Å². The summed E-state index contributed by atoms with van der Waals surface area (Å²) in [5, 5.41) is 12.9. The Morgan fingerprint density at radius 3 is 2.82 bits per heavy atom. The van der Waals surface area contributed by atoms with Gasteiger partial charge in [-0.3, -0.25) is 0 Å². The summed E-state index contributed by atoms with van der Waals surface area (Å²) in [7, 11) is 0. The lowest BCUT2D eigenvalue weighted by molar-refractivity contribution is 0.174. The Hall–Kier alpha value is -3.27. The molecule has 0 radical (unpaired) electrons. The number of hydrogen-bond donors (Lipinski definition) is 2. The third kappa shape index (κ3) is 3.86. The summed E-state index contributed by atoms with van der Waals surface area (Å²) in [6, 6.07) is 11.9. The fourth-order valence-corrected chi connectivity index (χ4v) is 3.31. The van der Waals surface area contributed by atoms with Gasteiger partial charge in [0.2, 0.25) is 11.9 Å². The van der Waals surface area contributed by atoms with Crippen molar-refractivity contribution in [2.45, 2.75) is 17.8 Å². The Balaban J connectivity index is 1.41. The van der Waals surface area contributed by atoms with Crippen LogP contribution in [0.3, 0.4) is 0 Å². The zero-order valence-electron chi connectivity index (χ0n) is 14.9. The topological polar surface area (TPSA) is 99.6 Å². The first kappa shape index (κ1) is 18.1. The minimum Gasteiger partial charge on any atom is -0.454 e. The number of ether oxygens (including phenoxy) is 2. The first-order chi connectivity index (χ1) is 13.6. The molecule has 0 spiro atoms. The highest BCUT2D eigenvalue weighted by molar-refractivity contribution is 7.98. The maximum atomic E-state index is 13.0. The number of anilines is 1. The molecule has 1 aliphatic rings. The Morgan fingerprint density at radius 2 is 2.00 bits per heavy atom. The van der Waals surface area contributed by atoms with Gasteiger partial charge in [-0.15, -0.1) is 10.2 Å². The molecule has 10 heteroatoms. The van der Waals surface area contributed by atoms with Gasteiger partial charge in [0.05, 0.1) is 5.71 Å². The average molecular weight is 400 g/mol. The normalized spacial score (nSPS) is 13.0. The van der Waals surface area contributed by atoms with Crippen LogP contribution in [0.5, 0.6) is 11.5 Å². The number of nitrogens with one attached hydrogen (secondary N) is 1. The van der Waals surface area contributed by atoms with Gasteiger partial charge in [0, 0.05) is 11.3 Å². The van der Waals surface area contributed by atoms with Gasteiger partial charge < -0.3 is 15.3 Å². The van der Waals surface area contributed by atoms with E-state index in [2.05, 4.69) is 20.7 Å². The minimum absolute atomic E-state index is 0.224. The highest BCUT2D eigenvalue weighted by Crippen LogP contribution is 2.32. The standard InChI is InChI=1S/C18H17FN6O2S/c1-11(13-4-7-15-16(8-13)27-10-26-15)21-22-17-23-24-18(25(17)20)28-9-12-2-5-14(19)6-3-12/h2-8H,9-10,20H2,1H3,(H,22,23)/b21-11+. The van der Waals surface area contributed by atoms with E-state index in [1.165, 1.54) is 28.6 Å². The van der Waals surface area contributed by atoms with Gasteiger partial charge in [-0.1, -0.05) is 23.9 Å². The fourth-order valence-electron chi connectivity index (χ4n) is 2.50. The highest BCUT2D eigenvalue weighted by Gasteiger charge is 2.14. The van der Waals surface area contributed by atoms with Crippen LogP contribution in [0.2, 0.25) is 0 Å². The molecule has 2 heterocycles. The smallest absolute Gasteiger partial charge is 0.264 e. The largest absolute Gasteiger partial charge is 0.454 e. The maximum absolute atomic E-state index is 13.0. The van der Waals surface area contributed by atoms with Crippen LogP contribution >= 0.6 is 11.8 Å². The summed E-state index contributed by atoms with van der Waals surface area (Å²) in [5.74, 6) is 8.07. The molecule has 0 atom stereocenters. The van der Waals surface area contributed by atoms with Crippen LogP contribution in [-0.2, 0) is 5.75 Å². The number of hydrogen-bond acceptors (Lipinski definition) is 8. The molecule has 8 nitrogen and oxygen atoms in total. The molecule has 0 aliphatic carbocycles. The summed E-state index contributed by atoms with van der Waals surface area (Å²) in [4.78, 5) is 0. The lowest BCUT2D eigenvalue weighted by atomic mass is 10.1. The second-order valence-corrected chi connectivity index (χ2v) is 6.91. The van der Waals surface area contributed by atoms with Crippen molar-refractivity contribution >= 4 is 23.4 Å². The summed E-state index contributed by atoms with van der Waals surface area (Å²) >= 11 is 1.39. The molecule has 3 aromatic rings. The second kappa shape index (κ2) is 7.77. The number of benzene rings is 2. The van der Waals surface area contributed by atoms with E-state index in [9.17, 15) is 4.39 Å². The van der Waals surface area contributed by atoms with Crippen molar-refractivity contribution in [1.82, 2.24) is 14.9 Å². The van der Waals surface area contributed by atoms with Crippen molar-refractivity contribution in [2.75, 3.05) is 18.1 Å². The molecule has 4 rings (SSSR count). The number of nitrogen functional groups attached to an aromatic ring is 1. The molecule has 0 unspecified atom stereocenters. The second-order valence-electron chi connectivity index (χ2n) is 5.97. The quantitative estimate of drug-likeness (QED) is 0.284. The van der Waals surface area contributed by atoms with Crippen LogP contribution in [0, 0.1) is 5.82 Å². The number of nitrogens with two attached hydrogens (primary N) is 1. The number of rotatable bonds is 6. The molecule has 1 aliphatic heterocycles. The average Bonchev–Trinajstić information content (AvgIpc) is 3.31. The maximum Gasteiger partial charge on any atom is 0.264 e.